The summed E-state index contributed by atoms with van der Waals surface area (Å²) in [5, 5.41) is 12.6. The Morgan fingerprint density at radius 1 is 1.09 bits per heavy atom. The van der Waals surface area contributed by atoms with Gasteiger partial charge in [-0.15, -0.1) is 0 Å². The fourth-order valence-corrected chi connectivity index (χ4v) is 3.67. The Morgan fingerprint density at radius 3 is 2.46 bits per heavy atom. The van der Waals surface area contributed by atoms with E-state index in [-0.39, 0.29) is 23.7 Å². The van der Waals surface area contributed by atoms with Gasteiger partial charge in [-0.3, -0.25) is 10.1 Å². The molecule has 3 aromatic rings. The van der Waals surface area contributed by atoms with Crippen molar-refractivity contribution in [3.05, 3.63) is 65.7 Å². The molecule has 0 saturated carbocycles. The molecule has 184 valence electrons. The highest BCUT2D eigenvalue weighted by molar-refractivity contribution is 5.99. The number of ketones is 1. The minimum atomic E-state index is -0.432. The zero-order valence-electron chi connectivity index (χ0n) is 20.3. The first-order valence-electron chi connectivity index (χ1n) is 11.8. The predicted octanol–water partition coefficient (Wildman–Crippen LogP) is 4.57. The highest BCUT2D eigenvalue weighted by Crippen LogP contribution is 2.24. The summed E-state index contributed by atoms with van der Waals surface area (Å²) in [6, 6.07) is 11.9. The number of benzene rings is 1. The van der Waals surface area contributed by atoms with E-state index in [2.05, 4.69) is 26.1 Å². The number of pyridine rings is 1. The zero-order valence-corrected chi connectivity index (χ0v) is 20.3. The standard InChI is InChI=1S/C26H31N5O4/c1-26(2,3)23-15-24(31-35-23)30-25(33)29-18-6-4-17(5-7-18)14-22(32)21-9-8-20(16-28-21)34-19-10-12-27-13-11-19/h4-9,15-16,19,27H,10-14H2,1-3H3,(H2,29,30,31,33). The van der Waals surface area contributed by atoms with Crippen molar-refractivity contribution in [1.82, 2.24) is 15.5 Å². The lowest BCUT2D eigenvalue weighted by molar-refractivity contribution is 0.0988. The molecule has 0 spiro atoms. The van der Waals surface area contributed by atoms with Gasteiger partial charge in [0.2, 0.25) is 0 Å². The average molecular weight is 478 g/mol. The number of anilines is 2. The lowest BCUT2D eigenvalue weighted by Crippen LogP contribution is -2.34. The number of piperidine rings is 1. The van der Waals surface area contributed by atoms with Gasteiger partial charge in [0, 0.05) is 23.6 Å². The first-order valence-corrected chi connectivity index (χ1v) is 11.8. The molecule has 2 amide bonds. The molecule has 3 N–H and O–H groups in total. The van der Waals surface area contributed by atoms with Crippen LogP contribution in [0, 0.1) is 0 Å². The molecule has 1 aliphatic rings. The van der Waals surface area contributed by atoms with Gasteiger partial charge in [0.15, 0.2) is 11.6 Å². The molecule has 0 bridgehead atoms. The minimum absolute atomic E-state index is 0.0856. The third-order valence-electron chi connectivity index (χ3n) is 5.68. The van der Waals surface area contributed by atoms with E-state index in [0.29, 0.717) is 28.7 Å². The minimum Gasteiger partial charge on any atom is -0.489 e. The average Bonchev–Trinajstić information content (AvgIpc) is 3.30. The molecule has 9 nitrogen and oxygen atoms in total. The molecule has 1 aromatic carbocycles. The molecular weight excluding hydrogens is 446 g/mol. The molecule has 35 heavy (non-hydrogen) atoms. The number of carbonyl (C=O) groups excluding carboxylic acids is 2. The molecule has 1 aliphatic heterocycles. The van der Waals surface area contributed by atoms with E-state index in [1.807, 2.05) is 20.8 Å². The number of aromatic nitrogens is 2. The second-order valence-corrected chi connectivity index (χ2v) is 9.65. The van der Waals surface area contributed by atoms with E-state index < -0.39 is 6.03 Å². The lowest BCUT2D eigenvalue weighted by Gasteiger charge is -2.23. The second kappa shape index (κ2) is 10.7. The van der Waals surface area contributed by atoms with Crippen molar-refractivity contribution < 1.29 is 18.8 Å². The molecular formula is C26H31N5O4. The Morgan fingerprint density at radius 2 is 1.83 bits per heavy atom. The number of hydrogen-bond acceptors (Lipinski definition) is 7. The van der Waals surface area contributed by atoms with Crippen molar-refractivity contribution in [2.24, 2.45) is 0 Å². The van der Waals surface area contributed by atoms with Gasteiger partial charge in [-0.1, -0.05) is 38.1 Å². The molecule has 1 saturated heterocycles. The maximum absolute atomic E-state index is 12.6. The number of Topliss-reactive ketones (excluding diaryl/α,β-unsaturated/α-hetero) is 1. The third kappa shape index (κ3) is 6.89. The van der Waals surface area contributed by atoms with Crippen molar-refractivity contribution in [2.75, 3.05) is 23.7 Å². The molecule has 0 radical (unpaired) electrons. The van der Waals surface area contributed by atoms with Crippen LogP contribution in [0.3, 0.4) is 0 Å². The molecule has 0 atom stereocenters. The van der Waals surface area contributed by atoms with Gasteiger partial charge in [-0.2, -0.15) is 0 Å². The van der Waals surface area contributed by atoms with Crippen LogP contribution in [-0.4, -0.2) is 41.1 Å². The summed E-state index contributed by atoms with van der Waals surface area (Å²) >= 11 is 0. The topological polar surface area (TPSA) is 118 Å². The van der Waals surface area contributed by atoms with Crippen LogP contribution in [-0.2, 0) is 11.8 Å². The summed E-state index contributed by atoms with van der Waals surface area (Å²) in [6.45, 7) is 7.90. The van der Waals surface area contributed by atoms with Crippen LogP contribution in [0.4, 0.5) is 16.3 Å². The van der Waals surface area contributed by atoms with Crippen LogP contribution in [0.15, 0.2) is 53.2 Å². The Labute approximate surface area is 204 Å². The molecule has 3 heterocycles. The molecule has 4 rings (SSSR count). The fraction of sp³-hybridized carbons (Fsp3) is 0.385. The Bertz CT molecular complexity index is 1140. The molecule has 0 aliphatic carbocycles. The van der Waals surface area contributed by atoms with Gasteiger partial charge < -0.3 is 19.9 Å². The quantitative estimate of drug-likeness (QED) is 0.427. The lowest BCUT2D eigenvalue weighted by atomic mass is 9.93. The number of urea groups is 1. The molecule has 0 unspecified atom stereocenters. The summed E-state index contributed by atoms with van der Waals surface area (Å²) in [5.74, 6) is 1.62. The number of nitrogens with one attached hydrogen (secondary N) is 3. The largest absolute Gasteiger partial charge is 0.489 e. The Kier molecular flexibility index (Phi) is 7.45. The van der Waals surface area contributed by atoms with Gasteiger partial charge >= 0.3 is 6.03 Å². The highest BCUT2D eigenvalue weighted by atomic mass is 16.5. The van der Waals surface area contributed by atoms with Crippen molar-refractivity contribution in [3.63, 3.8) is 0 Å². The summed E-state index contributed by atoms with van der Waals surface area (Å²) in [5.41, 5.74) is 1.61. The highest BCUT2D eigenvalue weighted by Gasteiger charge is 2.20. The van der Waals surface area contributed by atoms with Crippen LogP contribution in [0.25, 0.3) is 0 Å². The molecule has 1 fully saturated rings. The van der Waals surface area contributed by atoms with Gasteiger partial charge in [-0.05, 0) is 55.8 Å². The monoisotopic (exact) mass is 477 g/mol. The summed E-state index contributed by atoms with van der Waals surface area (Å²) in [7, 11) is 0. The van der Waals surface area contributed by atoms with Crippen LogP contribution in [0.1, 0.15) is 55.4 Å². The SMILES string of the molecule is CC(C)(C)c1cc(NC(=O)Nc2ccc(CC(=O)c3ccc(OC4CCNCC4)cn3)cc2)no1. The van der Waals surface area contributed by atoms with Gasteiger partial charge in [0.05, 0.1) is 6.20 Å². The van der Waals surface area contributed by atoms with Crippen LogP contribution >= 0.6 is 0 Å². The number of nitrogens with zero attached hydrogens (tertiary/aromatic N) is 2. The summed E-state index contributed by atoms with van der Waals surface area (Å²) in [4.78, 5) is 29.2. The first kappa shape index (κ1) is 24.4. The smallest absolute Gasteiger partial charge is 0.324 e. The maximum Gasteiger partial charge on any atom is 0.324 e. The van der Waals surface area contributed by atoms with Gasteiger partial charge in [0.25, 0.3) is 0 Å². The van der Waals surface area contributed by atoms with Crippen LogP contribution in [0.5, 0.6) is 5.75 Å². The number of amides is 2. The number of hydrogen-bond donors (Lipinski definition) is 3. The van der Waals surface area contributed by atoms with E-state index in [0.717, 1.165) is 31.5 Å². The fourth-order valence-electron chi connectivity index (χ4n) is 3.67. The maximum atomic E-state index is 12.6. The predicted molar refractivity (Wildman–Crippen MR) is 133 cm³/mol. The van der Waals surface area contributed by atoms with E-state index in [1.165, 1.54) is 0 Å². The van der Waals surface area contributed by atoms with E-state index >= 15 is 0 Å². The number of carbonyl (C=O) groups is 2. The zero-order chi connectivity index (χ0) is 24.8. The summed E-state index contributed by atoms with van der Waals surface area (Å²) in [6.07, 6.45) is 3.94. The van der Waals surface area contributed by atoms with E-state index in [9.17, 15) is 9.59 Å². The van der Waals surface area contributed by atoms with Crippen molar-refractivity contribution in [1.29, 1.82) is 0 Å². The van der Waals surface area contributed by atoms with Gasteiger partial charge in [0.1, 0.15) is 23.3 Å². The first-order chi connectivity index (χ1) is 16.8. The second-order valence-electron chi connectivity index (χ2n) is 9.65. The van der Waals surface area contributed by atoms with Crippen molar-refractivity contribution in [3.8, 4) is 5.75 Å². The third-order valence-corrected chi connectivity index (χ3v) is 5.68. The van der Waals surface area contributed by atoms with Crippen molar-refractivity contribution >= 4 is 23.3 Å². The molecule has 9 heteroatoms. The van der Waals surface area contributed by atoms with Gasteiger partial charge in [-0.25, -0.2) is 9.78 Å². The Balaban J connectivity index is 1.27. The molecule has 2 aromatic heterocycles. The van der Waals surface area contributed by atoms with E-state index in [1.54, 1.807) is 48.7 Å². The van der Waals surface area contributed by atoms with E-state index in [4.69, 9.17) is 9.26 Å². The summed E-state index contributed by atoms with van der Waals surface area (Å²) < 4.78 is 11.2. The van der Waals surface area contributed by atoms with Crippen LogP contribution in [0.2, 0.25) is 0 Å². The Hall–Kier alpha value is -3.72. The van der Waals surface area contributed by atoms with Crippen molar-refractivity contribution in [2.45, 2.75) is 51.6 Å². The number of ether oxygens (including phenoxy) is 1. The van der Waals surface area contributed by atoms with Crippen LogP contribution < -0.4 is 20.7 Å². The number of rotatable bonds is 7. The normalized spacial score (nSPS) is 14.4.